The Labute approximate surface area is 211 Å². The lowest BCUT2D eigenvalue weighted by Gasteiger charge is -2.24. The summed E-state index contributed by atoms with van der Waals surface area (Å²) in [5.41, 5.74) is 3.43. The number of hydrogen-bond acceptors (Lipinski definition) is 7. The van der Waals surface area contributed by atoms with Gasteiger partial charge in [0.05, 0.1) is 42.0 Å². The standard InChI is InChI=1S/C25H30N2O7S2/c1-15-6-8-17(9-7-15)24-23(25(28)26-3)20-12-19-16(2)33-18(10-11-35(4,29)30)14-27(36(5,31)32)21(19)13-22(20)34-24/h6-9,12-13,16,18H,10-11,14H2,1-5H3,(H,26,28)/t16-,18-/m0/s1. The van der Waals surface area contributed by atoms with Crippen LogP contribution in [0, 0.1) is 6.92 Å². The molecule has 11 heteroatoms. The number of benzene rings is 2. The van der Waals surface area contributed by atoms with E-state index in [4.69, 9.17) is 9.15 Å². The maximum atomic E-state index is 13.0. The Hall–Kier alpha value is -2.89. The molecule has 194 valence electrons. The van der Waals surface area contributed by atoms with E-state index < -0.39 is 32.1 Å². The van der Waals surface area contributed by atoms with E-state index in [1.165, 1.54) is 11.4 Å². The van der Waals surface area contributed by atoms with Crippen LogP contribution in [0.2, 0.25) is 0 Å². The van der Waals surface area contributed by atoms with Crippen LogP contribution in [0.15, 0.2) is 40.8 Å². The first kappa shape index (κ1) is 26.2. The molecule has 1 aromatic heterocycles. The van der Waals surface area contributed by atoms with E-state index in [2.05, 4.69) is 5.32 Å². The average Bonchev–Trinajstić information content (AvgIpc) is 3.09. The third-order valence-electron chi connectivity index (χ3n) is 6.29. The van der Waals surface area contributed by atoms with Crippen molar-refractivity contribution in [3.63, 3.8) is 0 Å². The van der Waals surface area contributed by atoms with Crippen molar-refractivity contribution >= 4 is 42.4 Å². The van der Waals surface area contributed by atoms with E-state index in [-0.39, 0.29) is 24.6 Å². The lowest BCUT2D eigenvalue weighted by molar-refractivity contribution is 0.00536. The summed E-state index contributed by atoms with van der Waals surface area (Å²) in [7, 11) is -5.46. The predicted octanol–water partition coefficient (Wildman–Crippen LogP) is 3.43. The Morgan fingerprint density at radius 3 is 2.36 bits per heavy atom. The molecule has 1 aliphatic heterocycles. The number of carbonyl (C=O) groups is 1. The Morgan fingerprint density at radius 2 is 1.78 bits per heavy atom. The lowest BCUT2D eigenvalue weighted by Crippen LogP contribution is -2.37. The summed E-state index contributed by atoms with van der Waals surface area (Å²) in [4.78, 5) is 13.0. The molecule has 0 fully saturated rings. The Bertz CT molecular complexity index is 1520. The SMILES string of the molecule is CNC(=O)c1c(-c2ccc(C)cc2)oc2cc3c(cc12)[C@H](C)O[C@@H](CCS(C)(=O)=O)CN3S(C)(=O)=O. The molecule has 1 amide bonds. The second-order valence-corrected chi connectivity index (χ2v) is 13.4. The topological polar surface area (TPSA) is 123 Å². The third-order valence-corrected chi connectivity index (χ3v) is 8.41. The minimum absolute atomic E-state index is 0.0367. The molecule has 0 radical (unpaired) electrons. The van der Waals surface area contributed by atoms with Crippen LogP contribution in [0.25, 0.3) is 22.3 Å². The average molecular weight is 535 g/mol. The summed E-state index contributed by atoms with van der Waals surface area (Å²) < 4.78 is 62.6. The van der Waals surface area contributed by atoms with Crippen molar-refractivity contribution in [1.82, 2.24) is 5.32 Å². The molecular formula is C25H30N2O7S2. The Kier molecular flexibility index (Phi) is 6.93. The van der Waals surface area contributed by atoms with E-state index in [0.29, 0.717) is 33.5 Å². The molecule has 2 aromatic carbocycles. The first-order valence-electron chi connectivity index (χ1n) is 11.5. The number of furan rings is 1. The maximum Gasteiger partial charge on any atom is 0.255 e. The van der Waals surface area contributed by atoms with Crippen molar-refractivity contribution in [3.05, 3.63) is 53.1 Å². The summed E-state index contributed by atoms with van der Waals surface area (Å²) in [5, 5.41) is 3.19. The van der Waals surface area contributed by atoms with Crippen LogP contribution >= 0.6 is 0 Å². The Balaban J connectivity index is 1.91. The van der Waals surface area contributed by atoms with E-state index in [9.17, 15) is 21.6 Å². The van der Waals surface area contributed by atoms with Crippen LogP contribution in [0.1, 0.15) is 40.9 Å². The molecule has 0 saturated heterocycles. The van der Waals surface area contributed by atoms with Crippen LogP contribution in [0.4, 0.5) is 5.69 Å². The number of aryl methyl sites for hydroxylation is 1. The Morgan fingerprint density at radius 1 is 1.11 bits per heavy atom. The van der Waals surface area contributed by atoms with Gasteiger partial charge in [0.2, 0.25) is 10.0 Å². The van der Waals surface area contributed by atoms with Gasteiger partial charge in [-0.3, -0.25) is 9.10 Å². The number of fused-ring (bicyclic) bond motifs is 2. The monoisotopic (exact) mass is 534 g/mol. The molecule has 1 N–H and O–H groups in total. The van der Waals surface area contributed by atoms with Crippen LogP contribution in [-0.4, -0.2) is 60.7 Å². The first-order valence-corrected chi connectivity index (χ1v) is 15.4. The highest BCUT2D eigenvalue weighted by Gasteiger charge is 2.34. The molecule has 2 atom stereocenters. The molecule has 0 aliphatic carbocycles. The van der Waals surface area contributed by atoms with Gasteiger partial charge in [-0.1, -0.05) is 29.8 Å². The van der Waals surface area contributed by atoms with Crippen molar-refractivity contribution in [2.45, 2.75) is 32.5 Å². The second-order valence-electron chi connectivity index (χ2n) is 9.27. The number of amides is 1. The van der Waals surface area contributed by atoms with E-state index in [1.807, 2.05) is 31.2 Å². The number of nitrogens with one attached hydrogen (secondary N) is 1. The minimum Gasteiger partial charge on any atom is -0.455 e. The normalized spacial score (nSPS) is 18.6. The highest BCUT2D eigenvalue weighted by Crippen LogP contribution is 2.42. The van der Waals surface area contributed by atoms with Crippen LogP contribution in [-0.2, 0) is 24.6 Å². The van der Waals surface area contributed by atoms with Crippen LogP contribution in [0.5, 0.6) is 0 Å². The van der Waals surface area contributed by atoms with Gasteiger partial charge < -0.3 is 14.5 Å². The summed E-state index contributed by atoms with van der Waals surface area (Å²) in [6.07, 6.45) is 1.19. The molecule has 2 heterocycles. The van der Waals surface area contributed by atoms with Gasteiger partial charge in [-0.15, -0.1) is 0 Å². The van der Waals surface area contributed by atoms with Gasteiger partial charge in [-0.05, 0) is 26.3 Å². The maximum absolute atomic E-state index is 13.0. The number of hydrogen-bond donors (Lipinski definition) is 1. The van der Waals surface area contributed by atoms with Crippen molar-refractivity contribution in [2.75, 3.05) is 36.2 Å². The molecule has 9 nitrogen and oxygen atoms in total. The number of anilines is 1. The number of ether oxygens (including phenoxy) is 1. The fraction of sp³-hybridized carbons (Fsp3) is 0.400. The number of nitrogens with zero attached hydrogens (tertiary/aromatic N) is 1. The van der Waals surface area contributed by atoms with Gasteiger partial charge in [-0.25, -0.2) is 16.8 Å². The van der Waals surface area contributed by atoms with Gasteiger partial charge in [0, 0.05) is 35.9 Å². The van der Waals surface area contributed by atoms with E-state index in [1.54, 1.807) is 19.1 Å². The van der Waals surface area contributed by atoms with E-state index in [0.717, 1.165) is 23.6 Å². The van der Waals surface area contributed by atoms with Gasteiger partial charge in [0.15, 0.2) is 0 Å². The van der Waals surface area contributed by atoms with Crippen molar-refractivity contribution in [3.8, 4) is 11.3 Å². The highest BCUT2D eigenvalue weighted by atomic mass is 32.2. The smallest absolute Gasteiger partial charge is 0.255 e. The third kappa shape index (κ3) is 5.28. The summed E-state index contributed by atoms with van der Waals surface area (Å²) in [6.45, 7) is 3.71. The lowest BCUT2D eigenvalue weighted by atomic mass is 10.00. The first-order chi connectivity index (χ1) is 16.8. The molecule has 36 heavy (non-hydrogen) atoms. The molecule has 0 saturated carbocycles. The zero-order valence-corrected chi connectivity index (χ0v) is 22.5. The largest absolute Gasteiger partial charge is 0.455 e. The number of sulfonamides is 1. The molecule has 3 aromatic rings. The zero-order chi connectivity index (χ0) is 26.4. The van der Waals surface area contributed by atoms with Gasteiger partial charge in [0.25, 0.3) is 5.91 Å². The highest BCUT2D eigenvalue weighted by molar-refractivity contribution is 7.92. The second kappa shape index (κ2) is 9.53. The van der Waals surface area contributed by atoms with Gasteiger partial charge >= 0.3 is 0 Å². The number of rotatable bonds is 6. The molecular weight excluding hydrogens is 504 g/mol. The fourth-order valence-electron chi connectivity index (χ4n) is 4.46. The number of carbonyl (C=O) groups excluding carboxylic acids is 1. The fourth-order valence-corrected chi connectivity index (χ4v) is 6.10. The quantitative estimate of drug-likeness (QED) is 0.514. The van der Waals surface area contributed by atoms with E-state index >= 15 is 0 Å². The minimum atomic E-state index is -3.74. The zero-order valence-electron chi connectivity index (χ0n) is 20.9. The molecule has 0 bridgehead atoms. The molecule has 0 unspecified atom stereocenters. The van der Waals surface area contributed by atoms with Gasteiger partial charge in [-0.2, -0.15) is 0 Å². The number of sulfone groups is 1. The molecule has 1 aliphatic rings. The molecule has 4 rings (SSSR count). The van der Waals surface area contributed by atoms with Gasteiger partial charge in [0.1, 0.15) is 21.2 Å². The molecule has 0 spiro atoms. The summed E-state index contributed by atoms with van der Waals surface area (Å²) in [5.74, 6) is -0.0750. The van der Waals surface area contributed by atoms with Crippen LogP contribution in [0.3, 0.4) is 0 Å². The van der Waals surface area contributed by atoms with Crippen molar-refractivity contribution < 1.29 is 30.8 Å². The predicted molar refractivity (Wildman–Crippen MR) is 140 cm³/mol. The summed E-state index contributed by atoms with van der Waals surface area (Å²) in [6, 6.07) is 10.9. The van der Waals surface area contributed by atoms with Crippen LogP contribution < -0.4 is 9.62 Å². The van der Waals surface area contributed by atoms with Crippen molar-refractivity contribution in [2.24, 2.45) is 0 Å². The van der Waals surface area contributed by atoms with Crippen molar-refractivity contribution in [1.29, 1.82) is 0 Å². The summed E-state index contributed by atoms with van der Waals surface area (Å²) >= 11 is 0.